The number of morpholine rings is 1. The van der Waals surface area contributed by atoms with E-state index in [1.54, 1.807) is 0 Å². The number of aryl methyl sites for hydroxylation is 1. The standard InChI is InChI=1S/C22H37N5O/c1-4-23-22(24-10-13-26-12-7-11-25(3)14-15-26)27-16-17-28-21(18-27)20-9-6-5-8-19(20)2/h5-6,8-9,21H,4,7,10-18H2,1-3H3,(H,23,24). The molecule has 28 heavy (non-hydrogen) atoms. The predicted molar refractivity (Wildman–Crippen MR) is 116 cm³/mol. The number of aliphatic imine (C=N–C) groups is 1. The van der Waals surface area contributed by atoms with Crippen LogP contribution in [-0.2, 0) is 4.74 Å². The van der Waals surface area contributed by atoms with Crippen molar-refractivity contribution in [1.82, 2.24) is 20.0 Å². The van der Waals surface area contributed by atoms with Gasteiger partial charge in [-0.15, -0.1) is 0 Å². The van der Waals surface area contributed by atoms with Crippen LogP contribution in [0, 0.1) is 6.92 Å². The zero-order valence-electron chi connectivity index (χ0n) is 17.9. The van der Waals surface area contributed by atoms with E-state index in [9.17, 15) is 0 Å². The summed E-state index contributed by atoms with van der Waals surface area (Å²) in [5, 5.41) is 3.49. The maximum Gasteiger partial charge on any atom is 0.194 e. The molecule has 2 heterocycles. The first-order valence-electron chi connectivity index (χ1n) is 10.8. The molecule has 6 nitrogen and oxygen atoms in total. The van der Waals surface area contributed by atoms with Crippen LogP contribution in [0.5, 0.6) is 0 Å². The summed E-state index contributed by atoms with van der Waals surface area (Å²) in [7, 11) is 2.22. The number of nitrogens with zero attached hydrogens (tertiary/aromatic N) is 4. The predicted octanol–water partition coefficient (Wildman–Crippen LogP) is 1.97. The first kappa shape index (κ1) is 21.1. The van der Waals surface area contributed by atoms with Gasteiger partial charge in [0.25, 0.3) is 0 Å². The number of benzene rings is 1. The van der Waals surface area contributed by atoms with Gasteiger partial charge in [0.1, 0.15) is 6.10 Å². The van der Waals surface area contributed by atoms with E-state index in [0.717, 1.165) is 58.4 Å². The lowest BCUT2D eigenvalue weighted by molar-refractivity contribution is -0.00833. The third kappa shape index (κ3) is 5.93. The monoisotopic (exact) mass is 387 g/mol. The molecule has 6 heteroatoms. The SMILES string of the molecule is CCNC(=NCCN1CCCN(C)CC1)N1CCOC(c2ccccc2C)C1. The van der Waals surface area contributed by atoms with E-state index in [-0.39, 0.29) is 6.10 Å². The average Bonchev–Trinajstić information content (AvgIpc) is 2.92. The molecule has 2 saturated heterocycles. The van der Waals surface area contributed by atoms with Crippen molar-refractivity contribution in [3.05, 3.63) is 35.4 Å². The van der Waals surface area contributed by atoms with Crippen LogP contribution in [-0.4, -0.2) is 93.2 Å². The molecular weight excluding hydrogens is 350 g/mol. The molecule has 2 aliphatic heterocycles. The summed E-state index contributed by atoms with van der Waals surface area (Å²) in [6.45, 7) is 14.2. The normalized spacial score (nSPS) is 22.9. The van der Waals surface area contributed by atoms with Gasteiger partial charge in [-0.25, -0.2) is 0 Å². The van der Waals surface area contributed by atoms with Gasteiger partial charge in [0, 0.05) is 32.7 Å². The fourth-order valence-electron chi connectivity index (χ4n) is 4.02. The van der Waals surface area contributed by atoms with Gasteiger partial charge in [-0.05, 0) is 51.5 Å². The number of hydrogen-bond donors (Lipinski definition) is 1. The van der Waals surface area contributed by atoms with E-state index in [0.29, 0.717) is 0 Å². The molecule has 0 aliphatic carbocycles. The Labute approximate surface area is 170 Å². The van der Waals surface area contributed by atoms with Gasteiger partial charge in [0.15, 0.2) is 5.96 Å². The van der Waals surface area contributed by atoms with Crippen LogP contribution in [0.1, 0.15) is 30.6 Å². The quantitative estimate of drug-likeness (QED) is 0.618. The van der Waals surface area contributed by atoms with E-state index in [2.05, 4.69) is 65.2 Å². The third-order valence-electron chi connectivity index (χ3n) is 5.73. The first-order valence-corrected chi connectivity index (χ1v) is 10.8. The van der Waals surface area contributed by atoms with Gasteiger partial charge < -0.3 is 24.8 Å². The van der Waals surface area contributed by atoms with Crippen LogP contribution in [0.15, 0.2) is 29.3 Å². The van der Waals surface area contributed by atoms with Crippen molar-refractivity contribution in [1.29, 1.82) is 0 Å². The van der Waals surface area contributed by atoms with Crippen molar-refractivity contribution < 1.29 is 4.74 Å². The molecule has 1 N–H and O–H groups in total. The van der Waals surface area contributed by atoms with Crippen LogP contribution in [0.2, 0.25) is 0 Å². The Morgan fingerprint density at radius 1 is 1.18 bits per heavy atom. The van der Waals surface area contributed by atoms with Crippen LogP contribution < -0.4 is 5.32 Å². The summed E-state index contributed by atoms with van der Waals surface area (Å²) in [4.78, 5) is 12.3. The molecule has 1 aromatic carbocycles. The molecule has 0 saturated carbocycles. The Bertz CT molecular complexity index is 635. The topological polar surface area (TPSA) is 43.3 Å². The summed E-state index contributed by atoms with van der Waals surface area (Å²) in [5.74, 6) is 1.02. The first-order chi connectivity index (χ1) is 13.7. The Morgan fingerprint density at radius 2 is 2.04 bits per heavy atom. The Hall–Kier alpha value is -1.63. The molecule has 156 valence electrons. The minimum absolute atomic E-state index is 0.111. The molecule has 0 bridgehead atoms. The molecule has 1 unspecified atom stereocenters. The molecular formula is C22H37N5O. The summed E-state index contributed by atoms with van der Waals surface area (Å²) in [6.07, 6.45) is 1.36. The number of ether oxygens (including phenoxy) is 1. The summed E-state index contributed by atoms with van der Waals surface area (Å²) >= 11 is 0. The van der Waals surface area contributed by atoms with Crippen molar-refractivity contribution in [2.75, 3.05) is 72.6 Å². The van der Waals surface area contributed by atoms with Crippen LogP contribution >= 0.6 is 0 Å². The van der Waals surface area contributed by atoms with Crippen molar-refractivity contribution in [3.63, 3.8) is 0 Å². The second kappa shape index (κ2) is 10.8. The summed E-state index contributed by atoms with van der Waals surface area (Å²) in [5.41, 5.74) is 2.58. The van der Waals surface area contributed by atoms with Crippen molar-refractivity contribution in [2.45, 2.75) is 26.4 Å². The van der Waals surface area contributed by atoms with Crippen LogP contribution in [0.25, 0.3) is 0 Å². The number of nitrogens with one attached hydrogen (secondary N) is 1. The molecule has 0 aromatic heterocycles. The van der Waals surface area contributed by atoms with Crippen LogP contribution in [0.3, 0.4) is 0 Å². The second-order valence-electron chi connectivity index (χ2n) is 7.90. The van der Waals surface area contributed by atoms with Crippen molar-refractivity contribution >= 4 is 5.96 Å². The van der Waals surface area contributed by atoms with Gasteiger partial charge in [-0.2, -0.15) is 0 Å². The van der Waals surface area contributed by atoms with Crippen LogP contribution in [0.4, 0.5) is 0 Å². The zero-order valence-corrected chi connectivity index (χ0v) is 17.9. The summed E-state index contributed by atoms with van der Waals surface area (Å²) < 4.78 is 6.09. The lowest BCUT2D eigenvalue weighted by Gasteiger charge is -2.36. The highest BCUT2D eigenvalue weighted by Crippen LogP contribution is 2.24. The van der Waals surface area contributed by atoms with E-state index < -0.39 is 0 Å². The van der Waals surface area contributed by atoms with Gasteiger partial charge in [0.05, 0.1) is 19.7 Å². The Morgan fingerprint density at radius 3 is 2.86 bits per heavy atom. The highest BCUT2D eigenvalue weighted by Gasteiger charge is 2.25. The van der Waals surface area contributed by atoms with E-state index in [1.165, 1.54) is 30.6 Å². The minimum Gasteiger partial charge on any atom is -0.370 e. The maximum absolute atomic E-state index is 6.09. The number of likely N-dealkylation sites (N-methyl/N-ethyl adjacent to an activating group) is 1. The largest absolute Gasteiger partial charge is 0.370 e. The highest BCUT2D eigenvalue weighted by atomic mass is 16.5. The molecule has 0 amide bonds. The average molecular weight is 388 g/mol. The highest BCUT2D eigenvalue weighted by molar-refractivity contribution is 5.80. The van der Waals surface area contributed by atoms with Gasteiger partial charge in [-0.3, -0.25) is 4.99 Å². The van der Waals surface area contributed by atoms with E-state index >= 15 is 0 Å². The Kier molecular flexibility index (Phi) is 8.13. The number of guanidine groups is 1. The van der Waals surface area contributed by atoms with Gasteiger partial charge in [-0.1, -0.05) is 24.3 Å². The molecule has 1 aromatic rings. The fourth-order valence-corrected chi connectivity index (χ4v) is 4.02. The van der Waals surface area contributed by atoms with Gasteiger partial charge >= 0.3 is 0 Å². The molecule has 3 rings (SSSR count). The van der Waals surface area contributed by atoms with E-state index in [4.69, 9.17) is 9.73 Å². The lowest BCUT2D eigenvalue weighted by atomic mass is 10.0. The molecule has 2 aliphatic rings. The summed E-state index contributed by atoms with van der Waals surface area (Å²) in [6, 6.07) is 8.54. The van der Waals surface area contributed by atoms with Crippen molar-refractivity contribution in [3.8, 4) is 0 Å². The molecule has 2 fully saturated rings. The maximum atomic E-state index is 6.09. The minimum atomic E-state index is 0.111. The number of rotatable bonds is 5. The van der Waals surface area contributed by atoms with Gasteiger partial charge in [0.2, 0.25) is 0 Å². The zero-order chi connectivity index (χ0) is 19.8. The Balaban J connectivity index is 1.59. The molecule has 1 atom stereocenters. The smallest absolute Gasteiger partial charge is 0.194 e. The number of hydrogen-bond acceptors (Lipinski definition) is 4. The van der Waals surface area contributed by atoms with Crippen molar-refractivity contribution in [2.24, 2.45) is 4.99 Å². The molecule has 0 spiro atoms. The third-order valence-corrected chi connectivity index (χ3v) is 5.73. The molecule has 0 radical (unpaired) electrons. The lowest BCUT2D eigenvalue weighted by Crippen LogP contribution is -2.48. The second-order valence-corrected chi connectivity index (χ2v) is 7.90. The van der Waals surface area contributed by atoms with E-state index in [1.807, 2.05) is 0 Å². The fraction of sp³-hybridized carbons (Fsp3) is 0.682.